The maximum Gasteiger partial charge on any atom is 0.124 e. The van der Waals surface area contributed by atoms with E-state index in [4.69, 9.17) is 14.0 Å². The Morgan fingerprint density at radius 2 is 1.80 bits per heavy atom. The number of rotatable bonds is 10. The second-order valence-corrected chi connectivity index (χ2v) is 4.58. The third-order valence-corrected chi connectivity index (χ3v) is 2.95. The Kier molecular flexibility index (Phi) is 6.68. The van der Waals surface area contributed by atoms with Gasteiger partial charge < -0.3 is 14.0 Å². The summed E-state index contributed by atoms with van der Waals surface area (Å²) in [6.45, 7) is 2.03. The number of nitrogens with zero attached hydrogens (tertiary/aromatic N) is 1. The van der Waals surface area contributed by atoms with E-state index in [1.807, 2.05) is 36.4 Å². The number of para-hydroxylation sites is 1. The van der Waals surface area contributed by atoms with Crippen LogP contribution >= 0.6 is 0 Å². The number of benzene rings is 1. The van der Waals surface area contributed by atoms with Gasteiger partial charge in [0, 0.05) is 12.7 Å². The average Bonchev–Trinajstić information content (AvgIpc) is 3.00. The standard InChI is InChI=1S/C16H21NO3/c1-4-8-16(9-5-1)19-14-13-18-11-6-2-3-7-15-10-12-20-17-15/h1,4-5,8-10,12H,2-3,6-7,11,13-14H2. The molecule has 0 radical (unpaired) electrons. The van der Waals surface area contributed by atoms with Gasteiger partial charge >= 0.3 is 0 Å². The van der Waals surface area contributed by atoms with Crippen molar-refractivity contribution in [3.05, 3.63) is 48.4 Å². The van der Waals surface area contributed by atoms with Gasteiger partial charge in [0.1, 0.15) is 18.6 Å². The predicted octanol–water partition coefficient (Wildman–Crippen LogP) is 3.48. The van der Waals surface area contributed by atoms with E-state index in [1.165, 1.54) is 0 Å². The molecule has 1 aromatic heterocycles. The zero-order valence-corrected chi connectivity index (χ0v) is 11.7. The minimum absolute atomic E-state index is 0.600. The summed E-state index contributed by atoms with van der Waals surface area (Å²) in [6, 6.07) is 11.7. The van der Waals surface area contributed by atoms with Crippen molar-refractivity contribution in [2.75, 3.05) is 19.8 Å². The van der Waals surface area contributed by atoms with Crippen molar-refractivity contribution < 1.29 is 14.0 Å². The van der Waals surface area contributed by atoms with Gasteiger partial charge in [0.15, 0.2) is 0 Å². The molecule has 108 valence electrons. The predicted molar refractivity (Wildman–Crippen MR) is 76.8 cm³/mol. The molecule has 1 heterocycles. The van der Waals surface area contributed by atoms with E-state index in [-0.39, 0.29) is 0 Å². The van der Waals surface area contributed by atoms with Crippen molar-refractivity contribution in [2.45, 2.75) is 25.7 Å². The van der Waals surface area contributed by atoms with Crippen LogP contribution in [0, 0.1) is 0 Å². The van der Waals surface area contributed by atoms with Gasteiger partial charge in [-0.3, -0.25) is 0 Å². The highest BCUT2D eigenvalue weighted by Crippen LogP contribution is 2.08. The van der Waals surface area contributed by atoms with Gasteiger partial charge in [-0.05, 0) is 31.4 Å². The second-order valence-electron chi connectivity index (χ2n) is 4.58. The number of ether oxygens (including phenoxy) is 2. The third kappa shape index (κ3) is 5.89. The SMILES string of the molecule is c1ccc(OCCOCCCCCc2ccon2)cc1. The molecule has 4 heteroatoms. The van der Waals surface area contributed by atoms with E-state index < -0.39 is 0 Å². The van der Waals surface area contributed by atoms with Gasteiger partial charge in [-0.1, -0.05) is 29.8 Å². The Morgan fingerprint density at radius 3 is 2.60 bits per heavy atom. The summed E-state index contributed by atoms with van der Waals surface area (Å²) < 4.78 is 15.9. The lowest BCUT2D eigenvalue weighted by Crippen LogP contribution is -2.07. The Hall–Kier alpha value is -1.81. The molecule has 0 aliphatic rings. The minimum Gasteiger partial charge on any atom is -0.491 e. The van der Waals surface area contributed by atoms with Gasteiger partial charge in [-0.25, -0.2) is 0 Å². The highest BCUT2D eigenvalue weighted by molar-refractivity contribution is 5.20. The molecule has 2 rings (SSSR count). The van der Waals surface area contributed by atoms with E-state index in [2.05, 4.69) is 5.16 Å². The van der Waals surface area contributed by atoms with Crippen molar-refractivity contribution in [1.82, 2.24) is 5.16 Å². The Labute approximate surface area is 119 Å². The molecule has 0 atom stereocenters. The summed E-state index contributed by atoms with van der Waals surface area (Å²) in [5.74, 6) is 0.892. The maximum absolute atomic E-state index is 5.54. The highest BCUT2D eigenvalue weighted by atomic mass is 16.5. The highest BCUT2D eigenvalue weighted by Gasteiger charge is 1.97. The first kappa shape index (κ1) is 14.6. The van der Waals surface area contributed by atoms with Crippen LogP contribution in [-0.4, -0.2) is 25.0 Å². The number of unbranched alkanes of at least 4 members (excludes halogenated alkanes) is 2. The van der Waals surface area contributed by atoms with Gasteiger partial charge in [0.05, 0.1) is 12.3 Å². The van der Waals surface area contributed by atoms with Crippen LogP contribution in [0.25, 0.3) is 0 Å². The largest absolute Gasteiger partial charge is 0.491 e. The quantitative estimate of drug-likeness (QED) is 0.623. The van der Waals surface area contributed by atoms with E-state index in [1.54, 1.807) is 6.26 Å². The Balaban J connectivity index is 1.39. The molecule has 0 bridgehead atoms. The second kappa shape index (κ2) is 9.15. The number of aryl methyl sites for hydroxylation is 1. The molecular weight excluding hydrogens is 254 g/mol. The van der Waals surface area contributed by atoms with Crippen LogP contribution in [0.2, 0.25) is 0 Å². The topological polar surface area (TPSA) is 44.5 Å². The lowest BCUT2D eigenvalue weighted by atomic mass is 10.1. The normalized spacial score (nSPS) is 10.6. The van der Waals surface area contributed by atoms with E-state index in [0.29, 0.717) is 13.2 Å². The van der Waals surface area contributed by atoms with Crippen molar-refractivity contribution in [3.63, 3.8) is 0 Å². The fourth-order valence-electron chi connectivity index (χ4n) is 1.89. The summed E-state index contributed by atoms with van der Waals surface area (Å²) in [7, 11) is 0. The van der Waals surface area contributed by atoms with Gasteiger partial charge in [-0.15, -0.1) is 0 Å². The first-order valence-electron chi connectivity index (χ1n) is 7.10. The van der Waals surface area contributed by atoms with Gasteiger partial charge in [0.25, 0.3) is 0 Å². The summed E-state index contributed by atoms with van der Waals surface area (Å²) in [6.07, 6.45) is 5.94. The van der Waals surface area contributed by atoms with E-state index >= 15 is 0 Å². The molecule has 0 saturated heterocycles. The molecule has 20 heavy (non-hydrogen) atoms. The van der Waals surface area contributed by atoms with Crippen molar-refractivity contribution in [3.8, 4) is 5.75 Å². The molecule has 4 nitrogen and oxygen atoms in total. The zero-order chi connectivity index (χ0) is 13.9. The molecule has 2 aromatic rings. The smallest absolute Gasteiger partial charge is 0.124 e. The molecule has 0 N–H and O–H groups in total. The van der Waals surface area contributed by atoms with Crippen LogP contribution in [0.4, 0.5) is 0 Å². The lowest BCUT2D eigenvalue weighted by Gasteiger charge is -2.06. The van der Waals surface area contributed by atoms with Gasteiger partial charge in [-0.2, -0.15) is 0 Å². The van der Waals surface area contributed by atoms with Crippen molar-refractivity contribution in [2.24, 2.45) is 0 Å². The molecule has 0 amide bonds. The van der Waals surface area contributed by atoms with E-state index in [9.17, 15) is 0 Å². The Morgan fingerprint density at radius 1 is 0.900 bits per heavy atom. The molecule has 0 unspecified atom stereocenters. The number of aromatic nitrogens is 1. The zero-order valence-electron chi connectivity index (χ0n) is 11.7. The summed E-state index contributed by atoms with van der Waals surface area (Å²) >= 11 is 0. The molecule has 0 fully saturated rings. The van der Waals surface area contributed by atoms with Crippen molar-refractivity contribution in [1.29, 1.82) is 0 Å². The summed E-state index contributed by atoms with van der Waals surface area (Å²) in [5.41, 5.74) is 1.03. The molecule has 0 aliphatic carbocycles. The van der Waals surface area contributed by atoms with Crippen LogP contribution in [-0.2, 0) is 11.2 Å². The van der Waals surface area contributed by atoms with E-state index in [0.717, 1.165) is 43.7 Å². The number of hydrogen-bond donors (Lipinski definition) is 0. The first-order chi connectivity index (χ1) is 9.95. The number of hydrogen-bond acceptors (Lipinski definition) is 4. The van der Waals surface area contributed by atoms with Crippen LogP contribution in [0.15, 0.2) is 47.2 Å². The fraction of sp³-hybridized carbons (Fsp3) is 0.438. The average molecular weight is 275 g/mol. The van der Waals surface area contributed by atoms with Crippen LogP contribution in [0.1, 0.15) is 25.0 Å². The lowest BCUT2D eigenvalue weighted by molar-refractivity contribution is 0.0971. The molecular formula is C16H21NO3. The van der Waals surface area contributed by atoms with Crippen LogP contribution in [0.5, 0.6) is 5.75 Å². The Bertz CT molecular complexity index is 442. The first-order valence-corrected chi connectivity index (χ1v) is 7.10. The fourth-order valence-corrected chi connectivity index (χ4v) is 1.89. The van der Waals surface area contributed by atoms with Crippen LogP contribution in [0.3, 0.4) is 0 Å². The monoisotopic (exact) mass is 275 g/mol. The summed E-state index contributed by atoms with van der Waals surface area (Å²) in [4.78, 5) is 0. The van der Waals surface area contributed by atoms with Crippen molar-refractivity contribution >= 4 is 0 Å². The molecule has 0 saturated carbocycles. The maximum atomic E-state index is 5.54. The third-order valence-electron chi connectivity index (χ3n) is 2.95. The van der Waals surface area contributed by atoms with Gasteiger partial charge in [0.2, 0.25) is 0 Å². The molecule has 0 spiro atoms. The molecule has 1 aromatic carbocycles. The molecule has 0 aliphatic heterocycles. The summed E-state index contributed by atoms with van der Waals surface area (Å²) in [5, 5.41) is 3.88. The van der Waals surface area contributed by atoms with Crippen LogP contribution < -0.4 is 4.74 Å². The minimum atomic E-state index is 0.600.